The minimum absolute atomic E-state index is 0.0963. The second-order valence-electron chi connectivity index (χ2n) is 6.58. The Kier molecular flexibility index (Phi) is 5.50. The van der Waals surface area contributed by atoms with Gasteiger partial charge in [-0.05, 0) is 32.1 Å². The van der Waals surface area contributed by atoms with Gasteiger partial charge in [0.2, 0.25) is 17.7 Å². The highest BCUT2D eigenvalue weighted by Crippen LogP contribution is 2.26. The van der Waals surface area contributed by atoms with Crippen molar-refractivity contribution < 1.29 is 9.53 Å². The lowest BCUT2D eigenvalue weighted by Crippen LogP contribution is -2.51. The number of likely N-dealkylation sites (tertiary alicyclic amines) is 1. The van der Waals surface area contributed by atoms with Crippen molar-refractivity contribution in [2.45, 2.75) is 38.1 Å². The predicted molar refractivity (Wildman–Crippen MR) is 91.9 cm³/mol. The highest BCUT2D eigenvalue weighted by molar-refractivity contribution is 5.79. The fourth-order valence-electron chi connectivity index (χ4n) is 3.70. The van der Waals surface area contributed by atoms with Crippen LogP contribution in [0.3, 0.4) is 0 Å². The zero-order valence-corrected chi connectivity index (χ0v) is 14.4. The number of carbonyl (C=O) groups excluding carboxylic acids is 1. The molecule has 2 fully saturated rings. The van der Waals surface area contributed by atoms with Gasteiger partial charge in [0.1, 0.15) is 0 Å². The van der Waals surface area contributed by atoms with E-state index >= 15 is 0 Å². The maximum Gasteiger partial charge on any atom is 0.228 e. The SMILES string of the molecule is COc1ccnc(N2CCC(C(=O)N3CCCCC3CN)CC2)n1. The van der Waals surface area contributed by atoms with E-state index in [2.05, 4.69) is 14.9 Å². The zero-order chi connectivity index (χ0) is 16.9. The van der Waals surface area contributed by atoms with Crippen LogP contribution in [0.5, 0.6) is 5.88 Å². The number of nitrogens with two attached hydrogens (primary N) is 1. The van der Waals surface area contributed by atoms with Crippen LogP contribution in [0.2, 0.25) is 0 Å². The molecule has 0 bridgehead atoms. The Morgan fingerprint density at radius 3 is 2.79 bits per heavy atom. The molecular formula is C17H27N5O2. The first-order valence-corrected chi connectivity index (χ1v) is 8.85. The lowest BCUT2D eigenvalue weighted by molar-refractivity contribution is -0.139. The van der Waals surface area contributed by atoms with Crippen molar-refractivity contribution in [1.29, 1.82) is 0 Å². The third-order valence-corrected chi connectivity index (χ3v) is 5.14. The number of hydrogen-bond acceptors (Lipinski definition) is 6. The van der Waals surface area contributed by atoms with Crippen molar-refractivity contribution in [2.75, 3.05) is 38.2 Å². The monoisotopic (exact) mass is 333 g/mol. The Labute approximate surface area is 143 Å². The molecule has 2 aliphatic heterocycles. The van der Waals surface area contributed by atoms with Gasteiger partial charge in [0, 0.05) is 50.4 Å². The number of nitrogens with zero attached hydrogens (tertiary/aromatic N) is 4. The van der Waals surface area contributed by atoms with Gasteiger partial charge < -0.3 is 20.3 Å². The van der Waals surface area contributed by atoms with Crippen molar-refractivity contribution >= 4 is 11.9 Å². The Bertz CT molecular complexity index is 560. The maximum absolute atomic E-state index is 12.9. The number of amides is 1. The fraction of sp³-hybridized carbons (Fsp3) is 0.706. The van der Waals surface area contributed by atoms with Gasteiger partial charge in [-0.1, -0.05) is 0 Å². The molecule has 7 nitrogen and oxygen atoms in total. The first-order chi connectivity index (χ1) is 11.7. The van der Waals surface area contributed by atoms with Gasteiger partial charge in [0.15, 0.2) is 0 Å². The molecule has 1 aromatic heterocycles. The van der Waals surface area contributed by atoms with Crippen LogP contribution in [0, 0.1) is 5.92 Å². The van der Waals surface area contributed by atoms with E-state index in [-0.39, 0.29) is 17.9 Å². The van der Waals surface area contributed by atoms with E-state index < -0.39 is 0 Å². The highest BCUT2D eigenvalue weighted by atomic mass is 16.5. The van der Waals surface area contributed by atoms with Gasteiger partial charge in [0.05, 0.1) is 7.11 Å². The summed E-state index contributed by atoms with van der Waals surface area (Å²) >= 11 is 0. The van der Waals surface area contributed by atoms with Crippen LogP contribution in [-0.2, 0) is 4.79 Å². The maximum atomic E-state index is 12.9. The summed E-state index contributed by atoms with van der Waals surface area (Å²) < 4.78 is 5.16. The lowest BCUT2D eigenvalue weighted by Gasteiger charge is -2.39. The van der Waals surface area contributed by atoms with Crippen molar-refractivity contribution in [1.82, 2.24) is 14.9 Å². The Morgan fingerprint density at radius 1 is 1.29 bits per heavy atom. The zero-order valence-electron chi connectivity index (χ0n) is 14.4. The summed E-state index contributed by atoms with van der Waals surface area (Å²) in [7, 11) is 1.60. The number of anilines is 1. The first kappa shape index (κ1) is 17.0. The Balaban J connectivity index is 1.59. The van der Waals surface area contributed by atoms with Crippen LogP contribution in [0.25, 0.3) is 0 Å². The molecule has 1 amide bonds. The molecule has 0 spiro atoms. The van der Waals surface area contributed by atoms with Crippen LogP contribution >= 0.6 is 0 Å². The van der Waals surface area contributed by atoms with Gasteiger partial charge in [-0.25, -0.2) is 4.98 Å². The minimum Gasteiger partial charge on any atom is -0.481 e. The first-order valence-electron chi connectivity index (χ1n) is 8.85. The van der Waals surface area contributed by atoms with Gasteiger partial charge in [0.25, 0.3) is 0 Å². The molecule has 0 aliphatic carbocycles. The molecule has 1 atom stereocenters. The summed E-state index contributed by atoms with van der Waals surface area (Å²) in [5.74, 6) is 1.63. The van der Waals surface area contributed by atoms with E-state index in [1.807, 2.05) is 4.90 Å². The third-order valence-electron chi connectivity index (χ3n) is 5.14. The molecule has 1 aromatic rings. The van der Waals surface area contributed by atoms with Crippen molar-refractivity contribution in [3.8, 4) is 5.88 Å². The number of ether oxygens (including phenoxy) is 1. The number of methoxy groups -OCH3 is 1. The number of aromatic nitrogens is 2. The average molecular weight is 333 g/mol. The van der Waals surface area contributed by atoms with Gasteiger partial charge in [-0.15, -0.1) is 0 Å². The molecule has 0 radical (unpaired) electrons. The average Bonchev–Trinajstić information content (AvgIpc) is 2.67. The molecule has 3 heterocycles. The normalized spacial score (nSPS) is 22.5. The third kappa shape index (κ3) is 3.61. The Morgan fingerprint density at radius 2 is 2.08 bits per heavy atom. The van der Waals surface area contributed by atoms with E-state index in [1.165, 1.54) is 6.42 Å². The molecular weight excluding hydrogens is 306 g/mol. The van der Waals surface area contributed by atoms with Crippen LogP contribution in [0.15, 0.2) is 12.3 Å². The number of piperidine rings is 2. The van der Waals surface area contributed by atoms with E-state index in [0.717, 1.165) is 45.3 Å². The second-order valence-corrected chi connectivity index (χ2v) is 6.58. The Hall–Kier alpha value is -1.89. The molecule has 2 aliphatic rings. The summed E-state index contributed by atoms with van der Waals surface area (Å²) in [6.45, 7) is 3.03. The quantitative estimate of drug-likeness (QED) is 0.886. The van der Waals surface area contributed by atoms with E-state index in [9.17, 15) is 4.79 Å². The van der Waals surface area contributed by atoms with Crippen LogP contribution in [0.4, 0.5) is 5.95 Å². The summed E-state index contributed by atoms with van der Waals surface area (Å²) in [6.07, 6.45) is 6.70. The number of rotatable bonds is 4. The number of hydrogen-bond donors (Lipinski definition) is 1. The van der Waals surface area contributed by atoms with E-state index in [0.29, 0.717) is 18.4 Å². The van der Waals surface area contributed by atoms with Crippen molar-refractivity contribution in [3.63, 3.8) is 0 Å². The van der Waals surface area contributed by atoms with Crippen LogP contribution < -0.4 is 15.4 Å². The molecule has 2 N–H and O–H groups in total. The molecule has 3 rings (SSSR count). The topological polar surface area (TPSA) is 84.6 Å². The summed E-state index contributed by atoms with van der Waals surface area (Å²) in [5.41, 5.74) is 5.86. The molecule has 0 saturated carbocycles. The standard InChI is InChI=1S/C17H27N5O2/c1-24-15-5-8-19-17(20-15)21-10-6-13(7-11-21)16(23)22-9-3-2-4-14(22)12-18/h5,8,13-14H,2-4,6-7,9-12,18H2,1H3. The molecule has 7 heteroatoms. The summed E-state index contributed by atoms with van der Waals surface area (Å²) in [4.78, 5) is 25.7. The highest BCUT2D eigenvalue weighted by Gasteiger charge is 2.33. The largest absolute Gasteiger partial charge is 0.481 e. The molecule has 1 unspecified atom stereocenters. The fourth-order valence-corrected chi connectivity index (χ4v) is 3.70. The van der Waals surface area contributed by atoms with Crippen molar-refractivity contribution in [2.24, 2.45) is 11.7 Å². The van der Waals surface area contributed by atoms with Crippen molar-refractivity contribution in [3.05, 3.63) is 12.3 Å². The van der Waals surface area contributed by atoms with Gasteiger partial charge in [-0.2, -0.15) is 4.98 Å². The predicted octanol–water partition coefficient (Wildman–Crippen LogP) is 1.04. The lowest BCUT2D eigenvalue weighted by atomic mass is 9.92. The minimum atomic E-state index is 0.0963. The molecule has 2 saturated heterocycles. The summed E-state index contributed by atoms with van der Waals surface area (Å²) in [6, 6.07) is 1.97. The second kappa shape index (κ2) is 7.79. The smallest absolute Gasteiger partial charge is 0.228 e. The molecule has 24 heavy (non-hydrogen) atoms. The molecule has 0 aromatic carbocycles. The van der Waals surface area contributed by atoms with E-state index in [4.69, 9.17) is 10.5 Å². The van der Waals surface area contributed by atoms with E-state index in [1.54, 1.807) is 19.4 Å². The van der Waals surface area contributed by atoms with Crippen LogP contribution in [0.1, 0.15) is 32.1 Å². The summed E-state index contributed by atoms with van der Waals surface area (Å²) in [5, 5.41) is 0. The van der Waals surface area contributed by atoms with Gasteiger partial charge >= 0.3 is 0 Å². The van der Waals surface area contributed by atoms with Gasteiger partial charge in [-0.3, -0.25) is 4.79 Å². The molecule has 132 valence electrons. The van der Waals surface area contributed by atoms with Crippen LogP contribution in [-0.4, -0.2) is 60.1 Å². The number of carbonyl (C=O) groups is 1.